The average Bonchev–Trinajstić information content (AvgIpc) is 2.78. The summed E-state index contributed by atoms with van der Waals surface area (Å²) in [6, 6.07) is 6.56. The Morgan fingerprint density at radius 1 is 0.971 bits per heavy atom. The maximum absolute atomic E-state index is 12.5. The van der Waals surface area contributed by atoms with Crippen molar-refractivity contribution < 1.29 is 14.2 Å². The fourth-order valence-electron chi connectivity index (χ4n) is 4.36. The van der Waals surface area contributed by atoms with Crippen molar-refractivity contribution in [3.05, 3.63) is 51.4 Å². The summed E-state index contributed by atoms with van der Waals surface area (Å²) in [5, 5.41) is 0.862. The maximum atomic E-state index is 12.5. The van der Waals surface area contributed by atoms with Crippen molar-refractivity contribution in [2.24, 2.45) is 0 Å². The Kier molecular flexibility index (Phi) is 5.60. The molecular weight excluding hydrogens is 440 g/mol. The largest absolute Gasteiger partial charge is 0.501 e. The molecule has 35 heavy (non-hydrogen) atoms. The highest BCUT2D eigenvalue weighted by atomic mass is 16.6. The van der Waals surface area contributed by atoms with Gasteiger partial charge in [0.15, 0.2) is 23.0 Å². The van der Waals surface area contributed by atoms with Crippen LogP contribution in [0.15, 0.2) is 29.1 Å². The molecule has 1 saturated heterocycles. The van der Waals surface area contributed by atoms with Crippen LogP contribution in [0.1, 0.15) is 29.7 Å². The van der Waals surface area contributed by atoms with E-state index in [1.54, 1.807) is 18.2 Å². The van der Waals surface area contributed by atoms with Crippen LogP contribution in [0.4, 0.5) is 5.82 Å². The van der Waals surface area contributed by atoms with E-state index in [0.717, 1.165) is 42.9 Å². The molecule has 0 atom stereocenters. The first-order chi connectivity index (χ1) is 16.4. The van der Waals surface area contributed by atoms with E-state index < -0.39 is 10.8 Å². The zero-order valence-corrected chi connectivity index (χ0v) is 19.9. The normalized spacial score (nSPS) is 19.0. The minimum absolute atomic E-state index is 0.0219. The SMILES string of the molecule is [B]C1([B])Oc2ccc(OC3CCN(c4nn5c(=O)cc(C)nc5c(C)c4C)CC3)cc2OC1([B])[B]. The van der Waals surface area contributed by atoms with E-state index >= 15 is 0 Å². The monoisotopic (exact) mass is 462 g/mol. The molecule has 0 amide bonds. The number of hydrogen-bond donors (Lipinski definition) is 0. The van der Waals surface area contributed by atoms with Crippen LogP contribution in [0.25, 0.3) is 5.65 Å². The number of nitrogens with zero attached hydrogens (tertiary/aromatic N) is 4. The lowest BCUT2D eigenvalue weighted by Gasteiger charge is -2.48. The molecule has 8 nitrogen and oxygen atoms in total. The second-order valence-corrected chi connectivity index (χ2v) is 9.25. The minimum Gasteiger partial charge on any atom is -0.501 e. The molecule has 2 aliphatic rings. The van der Waals surface area contributed by atoms with Crippen molar-refractivity contribution in [2.45, 2.75) is 50.5 Å². The van der Waals surface area contributed by atoms with Gasteiger partial charge in [0.2, 0.25) is 0 Å². The molecule has 12 heteroatoms. The summed E-state index contributed by atoms with van der Waals surface area (Å²) in [7, 11) is 23.3. The molecule has 4 heterocycles. The summed E-state index contributed by atoms with van der Waals surface area (Å²) >= 11 is 0. The number of ether oxygens (including phenoxy) is 3. The standard InChI is InChI=1S/C23H22B4N4O4/c1-12-10-19(32)31-20(28-12)13(2)14(3)21(29-31)30-8-6-15(7-9-30)33-16-4-5-17-18(11-16)35-23(26,27)22(24,25)34-17/h4-5,10-11,15H,6-9H2,1-3H3. The van der Waals surface area contributed by atoms with Crippen molar-refractivity contribution in [3.8, 4) is 17.2 Å². The third-order valence-electron chi connectivity index (χ3n) is 6.58. The molecule has 2 aliphatic heterocycles. The van der Waals surface area contributed by atoms with E-state index in [2.05, 4.69) is 15.0 Å². The average molecular weight is 462 g/mol. The van der Waals surface area contributed by atoms with Crippen molar-refractivity contribution in [2.75, 3.05) is 18.0 Å². The first-order valence-corrected chi connectivity index (χ1v) is 11.4. The topological polar surface area (TPSA) is 78.2 Å². The Balaban J connectivity index is 1.30. The van der Waals surface area contributed by atoms with Gasteiger partial charge >= 0.3 is 0 Å². The molecule has 8 radical (unpaired) electrons. The number of piperidine rings is 1. The molecule has 1 aromatic carbocycles. The summed E-state index contributed by atoms with van der Waals surface area (Å²) in [5.74, 6) is 2.01. The fourth-order valence-corrected chi connectivity index (χ4v) is 4.36. The van der Waals surface area contributed by atoms with Crippen LogP contribution < -0.4 is 24.7 Å². The van der Waals surface area contributed by atoms with Crippen LogP contribution in [-0.2, 0) is 0 Å². The summed E-state index contributed by atoms with van der Waals surface area (Å²) in [4.78, 5) is 19.2. The van der Waals surface area contributed by atoms with Crippen LogP contribution in [-0.4, -0.2) is 76.0 Å². The van der Waals surface area contributed by atoms with E-state index in [4.69, 9.17) is 45.6 Å². The number of fused-ring (bicyclic) bond motifs is 2. The quantitative estimate of drug-likeness (QED) is 0.534. The molecule has 0 N–H and O–H groups in total. The van der Waals surface area contributed by atoms with Crippen molar-refractivity contribution in [1.82, 2.24) is 14.6 Å². The Morgan fingerprint density at radius 2 is 1.63 bits per heavy atom. The van der Waals surface area contributed by atoms with Crippen LogP contribution in [0.2, 0.25) is 0 Å². The van der Waals surface area contributed by atoms with Gasteiger partial charge in [0, 0.05) is 65.7 Å². The lowest BCUT2D eigenvalue weighted by molar-refractivity contribution is 0.0609. The van der Waals surface area contributed by atoms with E-state index in [9.17, 15) is 4.79 Å². The van der Waals surface area contributed by atoms with Crippen molar-refractivity contribution in [3.63, 3.8) is 0 Å². The second kappa shape index (κ2) is 8.28. The first kappa shape index (κ1) is 23.7. The van der Waals surface area contributed by atoms with Crippen LogP contribution in [0, 0.1) is 20.8 Å². The molecular formula is C23H22B4N4O4. The lowest BCUT2D eigenvalue weighted by Crippen LogP contribution is -2.65. The van der Waals surface area contributed by atoms with Gasteiger partial charge in [-0.1, -0.05) is 0 Å². The Morgan fingerprint density at radius 3 is 2.31 bits per heavy atom. The van der Waals surface area contributed by atoms with Crippen molar-refractivity contribution in [1.29, 1.82) is 0 Å². The molecule has 5 rings (SSSR count). The maximum Gasteiger partial charge on any atom is 0.274 e. The van der Waals surface area contributed by atoms with Crippen LogP contribution in [0.3, 0.4) is 0 Å². The summed E-state index contributed by atoms with van der Waals surface area (Å²) in [5.41, 5.74) is 3.04. The predicted molar refractivity (Wildman–Crippen MR) is 136 cm³/mol. The fraction of sp³-hybridized carbons (Fsp3) is 0.435. The molecule has 1 fully saturated rings. The molecule has 2 aromatic heterocycles. The zero-order valence-electron chi connectivity index (χ0n) is 19.9. The molecule has 0 bridgehead atoms. The summed E-state index contributed by atoms with van der Waals surface area (Å²) < 4.78 is 18.6. The van der Waals surface area contributed by atoms with Gasteiger partial charge in [0.05, 0.1) is 0 Å². The first-order valence-electron chi connectivity index (χ1n) is 11.4. The van der Waals surface area contributed by atoms with Gasteiger partial charge in [-0.3, -0.25) is 4.79 Å². The Hall–Kier alpha value is -3.03. The number of aromatic nitrogens is 3. The van der Waals surface area contributed by atoms with Gasteiger partial charge in [-0.25, -0.2) is 4.98 Å². The lowest BCUT2D eigenvalue weighted by atomic mass is 9.41. The van der Waals surface area contributed by atoms with Gasteiger partial charge in [0.25, 0.3) is 5.56 Å². The smallest absolute Gasteiger partial charge is 0.274 e. The summed E-state index contributed by atoms with van der Waals surface area (Å²) in [6.45, 7) is 7.23. The third-order valence-corrected chi connectivity index (χ3v) is 6.58. The summed E-state index contributed by atoms with van der Waals surface area (Å²) in [6.07, 6.45) is 1.51. The number of aryl methyl sites for hydroxylation is 2. The van der Waals surface area contributed by atoms with E-state index in [1.165, 1.54) is 10.6 Å². The van der Waals surface area contributed by atoms with Crippen LogP contribution >= 0.6 is 0 Å². The number of anilines is 1. The highest BCUT2D eigenvalue weighted by Crippen LogP contribution is 2.41. The third kappa shape index (κ3) is 4.17. The van der Waals surface area contributed by atoms with Crippen molar-refractivity contribution >= 4 is 42.9 Å². The Labute approximate surface area is 209 Å². The number of benzene rings is 1. The molecule has 170 valence electrons. The predicted octanol–water partition coefficient (Wildman–Crippen LogP) is 0.815. The van der Waals surface area contributed by atoms with Gasteiger partial charge in [-0.05, 0) is 32.9 Å². The highest BCUT2D eigenvalue weighted by molar-refractivity contribution is 6.53. The molecule has 3 aromatic rings. The Bertz CT molecular complexity index is 1370. The number of hydrogen-bond acceptors (Lipinski definition) is 7. The van der Waals surface area contributed by atoms with Crippen LogP contribution in [0.5, 0.6) is 17.2 Å². The van der Waals surface area contributed by atoms with E-state index in [-0.39, 0.29) is 11.7 Å². The zero-order chi connectivity index (χ0) is 25.1. The molecule has 0 aliphatic carbocycles. The van der Waals surface area contributed by atoms with Gasteiger partial charge in [0.1, 0.15) is 43.2 Å². The molecule has 0 unspecified atom stereocenters. The van der Waals surface area contributed by atoms with E-state index in [1.807, 2.05) is 20.8 Å². The van der Waals surface area contributed by atoms with Gasteiger partial charge in [-0.2, -0.15) is 4.52 Å². The second-order valence-electron chi connectivity index (χ2n) is 9.25. The number of rotatable bonds is 3. The molecule has 0 spiro atoms. The van der Waals surface area contributed by atoms with Gasteiger partial charge < -0.3 is 19.1 Å². The highest BCUT2D eigenvalue weighted by Gasteiger charge is 2.43. The molecule has 0 saturated carbocycles. The van der Waals surface area contributed by atoms with Gasteiger partial charge in [-0.15, -0.1) is 5.10 Å². The minimum atomic E-state index is -1.90. The van der Waals surface area contributed by atoms with E-state index in [0.29, 0.717) is 28.6 Å².